The van der Waals surface area contributed by atoms with Gasteiger partial charge in [0.1, 0.15) is 5.82 Å². The second-order valence-electron chi connectivity index (χ2n) is 6.51. The van der Waals surface area contributed by atoms with Crippen molar-refractivity contribution < 1.29 is 9.72 Å². The van der Waals surface area contributed by atoms with Crippen molar-refractivity contribution in [2.24, 2.45) is 0 Å². The topological polar surface area (TPSA) is 92.1 Å². The minimum Gasteiger partial charge on any atom is -0.340 e. The summed E-state index contributed by atoms with van der Waals surface area (Å²) in [5.41, 5.74) is 2.64. The van der Waals surface area contributed by atoms with E-state index in [9.17, 15) is 14.9 Å². The summed E-state index contributed by atoms with van der Waals surface area (Å²) in [5.74, 6) is 0.724. The Bertz CT molecular complexity index is 990. The normalized spacial score (nSPS) is 17.0. The van der Waals surface area contributed by atoms with Crippen LogP contribution < -0.4 is 0 Å². The quantitative estimate of drug-likeness (QED) is 0.433. The van der Waals surface area contributed by atoms with Gasteiger partial charge < -0.3 is 9.88 Å². The predicted molar refractivity (Wildman–Crippen MR) is 102 cm³/mol. The fraction of sp³-hybridized carbons (Fsp3) is 0.200. The Morgan fingerprint density at radius 2 is 2.00 bits per heavy atom. The zero-order chi connectivity index (χ0) is 18.8. The minimum absolute atomic E-state index is 0.0305. The van der Waals surface area contributed by atoms with E-state index < -0.39 is 4.92 Å². The SMILES string of the molecule is O=C(/C=C\c1ccc([N+](=O)[O-])cc1)N1CCC[C@@H]1c1nc2ccccc2[nH]1. The number of aromatic nitrogens is 2. The first kappa shape index (κ1) is 17.0. The number of aromatic amines is 1. The van der Waals surface area contributed by atoms with Crippen LogP contribution in [0.4, 0.5) is 5.69 Å². The highest BCUT2D eigenvalue weighted by molar-refractivity contribution is 5.92. The molecule has 0 bridgehead atoms. The van der Waals surface area contributed by atoms with Crippen LogP contribution in [-0.4, -0.2) is 32.2 Å². The highest BCUT2D eigenvalue weighted by Gasteiger charge is 2.31. The number of hydrogen-bond acceptors (Lipinski definition) is 4. The van der Waals surface area contributed by atoms with E-state index in [2.05, 4.69) is 9.97 Å². The lowest BCUT2D eigenvalue weighted by molar-refractivity contribution is -0.384. The first-order valence-electron chi connectivity index (χ1n) is 8.79. The summed E-state index contributed by atoms with van der Waals surface area (Å²) in [5, 5.41) is 10.7. The van der Waals surface area contributed by atoms with Crippen molar-refractivity contribution in [1.29, 1.82) is 0 Å². The van der Waals surface area contributed by atoms with Gasteiger partial charge in [0.15, 0.2) is 0 Å². The lowest BCUT2D eigenvalue weighted by atomic mass is 10.2. The third-order valence-corrected chi connectivity index (χ3v) is 4.78. The molecule has 4 rings (SSSR count). The van der Waals surface area contributed by atoms with Gasteiger partial charge in [-0.05, 0) is 48.7 Å². The summed E-state index contributed by atoms with van der Waals surface area (Å²) < 4.78 is 0. The van der Waals surface area contributed by atoms with Gasteiger partial charge in [-0.3, -0.25) is 14.9 Å². The van der Waals surface area contributed by atoms with Crippen LogP contribution in [-0.2, 0) is 4.79 Å². The van der Waals surface area contributed by atoms with Crippen molar-refractivity contribution in [1.82, 2.24) is 14.9 Å². The molecule has 0 spiro atoms. The molecule has 1 fully saturated rings. The summed E-state index contributed by atoms with van der Waals surface area (Å²) >= 11 is 0. The van der Waals surface area contributed by atoms with Gasteiger partial charge in [-0.2, -0.15) is 0 Å². The Balaban J connectivity index is 1.51. The monoisotopic (exact) mass is 362 g/mol. The number of non-ortho nitro benzene ring substituents is 1. The first-order chi connectivity index (χ1) is 13.1. The summed E-state index contributed by atoms with van der Waals surface area (Å²) in [6.45, 7) is 0.686. The maximum absolute atomic E-state index is 12.7. The number of imidazole rings is 1. The molecule has 0 saturated carbocycles. The first-order valence-corrected chi connectivity index (χ1v) is 8.79. The molecule has 3 aromatic rings. The number of nitrogens with one attached hydrogen (secondary N) is 1. The molecule has 1 saturated heterocycles. The Morgan fingerprint density at radius 3 is 2.74 bits per heavy atom. The standard InChI is InChI=1S/C20H18N4O3/c25-19(12-9-14-7-10-15(11-8-14)24(26)27)23-13-3-6-18(23)20-21-16-4-1-2-5-17(16)22-20/h1-2,4-5,7-12,18H,3,6,13H2,(H,21,22)/b12-9-/t18-/m1/s1. The van der Waals surface area contributed by atoms with Crippen LogP contribution in [0.15, 0.2) is 54.6 Å². The number of rotatable bonds is 4. The molecule has 2 aromatic carbocycles. The zero-order valence-corrected chi connectivity index (χ0v) is 14.5. The highest BCUT2D eigenvalue weighted by Crippen LogP contribution is 2.31. The van der Waals surface area contributed by atoms with E-state index in [-0.39, 0.29) is 17.6 Å². The van der Waals surface area contributed by atoms with E-state index in [1.165, 1.54) is 18.2 Å². The van der Waals surface area contributed by atoms with Crippen LogP contribution in [0.2, 0.25) is 0 Å². The van der Waals surface area contributed by atoms with E-state index in [1.807, 2.05) is 29.2 Å². The van der Waals surface area contributed by atoms with Gasteiger partial charge in [-0.25, -0.2) is 4.98 Å². The smallest absolute Gasteiger partial charge is 0.269 e. The maximum Gasteiger partial charge on any atom is 0.269 e. The third-order valence-electron chi connectivity index (χ3n) is 4.78. The molecule has 27 heavy (non-hydrogen) atoms. The van der Waals surface area contributed by atoms with Crippen LogP contribution in [0.3, 0.4) is 0 Å². The lowest BCUT2D eigenvalue weighted by Gasteiger charge is -2.21. The molecule has 1 atom stereocenters. The number of carbonyl (C=O) groups excluding carboxylic acids is 1. The van der Waals surface area contributed by atoms with Crippen LogP contribution in [0.5, 0.6) is 0 Å². The van der Waals surface area contributed by atoms with Crippen LogP contribution in [0.1, 0.15) is 30.3 Å². The van der Waals surface area contributed by atoms with Gasteiger partial charge >= 0.3 is 0 Å². The number of nitro groups is 1. The van der Waals surface area contributed by atoms with Gasteiger partial charge in [-0.15, -0.1) is 0 Å². The molecule has 136 valence electrons. The Labute approximate surface area is 155 Å². The summed E-state index contributed by atoms with van der Waals surface area (Å²) in [6, 6.07) is 13.9. The fourth-order valence-electron chi connectivity index (χ4n) is 3.42. The van der Waals surface area contributed by atoms with Crippen molar-refractivity contribution in [3.8, 4) is 0 Å². The Hall–Kier alpha value is -3.48. The number of carbonyl (C=O) groups is 1. The second kappa shape index (κ2) is 7.03. The molecule has 1 aromatic heterocycles. The van der Waals surface area contributed by atoms with Crippen molar-refractivity contribution in [3.05, 3.63) is 76.1 Å². The van der Waals surface area contributed by atoms with E-state index in [4.69, 9.17) is 0 Å². The molecule has 7 heteroatoms. The molecule has 0 unspecified atom stereocenters. The number of hydrogen-bond donors (Lipinski definition) is 1. The van der Waals surface area contributed by atoms with Crippen molar-refractivity contribution in [3.63, 3.8) is 0 Å². The largest absolute Gasteiger partial charge is 0.340 e. The number of nitro benzene ring substituents is 1. The van der Waals surface area contributed by atoms with E-state index >= 15 is 0 Å². The molecule has 1 aliphatic heterocycles. The van der Waals surface area contributed by atoms with Crippen LogP contribution in [0.25, 0.3) is 17.1 Å². The number of nitrogens with zero attached hydrogens (tertiary/aromatic N) is 3. The van der Waals surface area contributed by atoms with E-state index in [1.54, 1.807) is 18.2 Å². The van der Waals surface area contributed by atoms with Crippen LogP contribution in [0, 0.1) is 10.1 Å². The number of likely N-dealkylation sites (tertiary alicyclic amines) is 1. The van der Waals surface area contributed by atoms with Gasteiger partial charge in [0.25, 0.3) is 5.69 Å². The molecule has 1 aliphatic rings. The molecule has 1 amide bonds. The molecular formula is C20H18N4O3. The number of fused-ring (bicyclic) bond motifs is 1. The summed E-state index contributed by atoms with van der Waals surface area (Å²) in [6.07, 6.45) is 5.00. The number of H-pyrrole nitrogens is 1. The Kier molecular flexibility index (Phi) is 4.42. The van der Waals surface area contributed by atoms with Gasteiger partial charge in [0.2, 0.25) is 5.91 Å². The van der Waals surface area contributed by atoms with Crippen molar-refractivity contribution in [2.45, 2.75) is 18.9 Å². The highest BCUT2D eigenvalue weighted by atomic mass is 16.6. The minimum atomic E-state index is -0.444. The third kappa shape index (κ3) is 3.44. The summed E-state index contributed by atoms with van der Waals surface area (Å²) in [7, 11) is 0. The maximum atomic E-state index is 12.7. The lowest BCUT2D eigenvalue weighted by Crippen LogP contribution is -2.29. The fourth-order valence-corrected chi connectivity index (χ4v) is 3.42. The van der Waals surface area contributed by atoms with Gasteiger partial charge in [0, 0.05) is 24.8 Å². The van der Waals surface area contributed by atoms with Crippen LogP contribution >= 0.6 is 0 Å². The molecule has 0 aliphatic carbocycles. The molecule has 0 radical (unpaired) electrons. The number of para-hydroxylation sites is 2. The van der Waals surface area contributed by atoms with Crippen molar-refractivity contribution in [2.75, 3.05) is 6.54 Å². The van der Waals surface area contributed by atoms with Gasteiger partial charge in [0.05, 0.1) is 22.0 Å². The second-order valence-corrected chi connectivity index (χ2v) is 6.51. The van der Waals surface area contributed by atoms with E-state index in [0.717, 1.165) is 35.3 Å². The molecule has 2 heterocycles. The average Bonchev–Trinajstić information content (AvgIpc) is 3.32. The van der Waals surface area contributed by atoms with E-state index in [0.29, 0.717) is 6.54 Å². The average molecular weight is 362 g/mol. The van der Waals surface area contributed by atoms with Gasteiger partial charge in [-0.1, -0.05) is 12.1 Å². The Morgan fingerprint density at radius 1 is 1.22 bits per heavy atom. The molecule has 7 nitrogen and oxygen atoms in total. The van der Waals surface area contributed by atoms with Crippen molar-refractivity contribution >= 4 is 28.7 Å². The number of amides is 1. The summed E-state index contributed by atoms with van der Waals surface area (Å²) in [4.78, 5) is 32.7. The predicted octanol–water partition coefficient (Wildman–Crippen LogP) is 3.85. The molecular weight excluding hydrogens is 344 g/mol. The number of benzene rings is 2. The zero-order valence-electron chi connectivity index (χ0n) is 14.5. The molecule has 1 N–H and O–H groups in total.